The van der Waals surface area contributed by atoms with Crippen molar-refractivity contribution in [1.82, 2.24) is 0 Å². The molecule has 0 fully saturated rings. The second-order valence-corrected chi connectivity index (χ2v) is 8.05. The molecule has 8 heteroatoms. The minimum atomic E-state index is -1.04. The molecule has 34 heavy (non-hydrogen) atoms. The molecule has 0 aliphatic carbocycles. The van der Waals surface area contributed by atoms with Gasteiger partial charge in [-0.1, -0.05) is 18.2 Å². The molecular formula is C26H26O7S. The molecule has 0 amide bonds. The van der Waals surface area contributed by atoms with Crippen molar-refractivity contribution < 1.29 is 33.6 Å². The molecule has 178 valence electrons. The average molecular weight is 483 g/mol. The molecule has 1 N–H and O–H groups in total. The summed E-state index contributed by atoms with van der Waals surface area (Å²) >= 11 is 1.58. The first-order chi connectivity index (χ1) is 16.5. The van der Waals surface area contributed by atoms with Crippen LogP contribution in [0.3, 0.4) is 0 Å². The second kappa shape index (κ2) is 12.7. The van der Waals surface area contributed by atoms with E-state index >= 15 is 0 Å². The number of carbonyl (C=O) groups excluding carboxylic acids is 1. The van der Waals surface area contributed by atoms with Crippen molar-refractivity contribution in [3.63, 3.8) is 0 Å². The van der Waals surface area contributed by atoms with Crippen molar-refractivity contribution in [2.75, 3.05) is 40.6 Å². The van der Waals surface area contributed by atoms with Gasteiger partial charge in [-0.15, -0.1) is 11.3 Å². The maximum atomic E-state index is 12.6. The SMILES string of the molecule is COCCOCCOc1cc(OC)c(C=CC(=O)c2ccc(C(=O)O)cc2)cc1-c1cccs1. The minimum Gasteiger partial charge on any atom is -0.496 e. The van der Waals surface area contributed by atoms with Gasteiger partial charge in [0.25, 0.3) is 0 Å². The van der Waals surface area contributed by atoms with Gasteiger partial charge in [0.05, 0.1) is 32.5 Å². The topological polar surface area (TPSA) is 91.3 Å². The van der Waals surface area contributed by atoms with E-state index in [1.165, 1.54) is 30.3 Å². The molecule has 2 aromatic carbocycles. The van der Waals surface area contributed by atoms with E-state index in [0.717, 1.165) is 10.4 Å². The highest BCUT2D eigenvalue weighted by Crippen LogP contribution is 2.39. The van der Waals surface area contributed by atoms with Gasteiger partial charge in [-0.05, 0) is 41.8 Å². The van der Waals surface area contributed by atoms with Crippen LogP contribution in [-0.4, -0.2) is 57.5 Å². The van der Waals surface area contributed by atoms with Gasteiger partial charge in [0.15, 0.2) is 5.78 Å². The number of ketones is 1. The number of carbonyl (C=O) groups is 2. The fourth-order valence-corrected chi connectivity index (χ4v) is 3.87. The fourth-order valence-electron chi connectivity index (χ4n) is 3.12. The third kappa shape index (κ3) is 6.77. The maximum Gasteiger partial charge on any atom is 0.335 e. The zero-order chi connectivity index (χ0) is 24.3. The lowest BCUT2D eigenvalue weighted by Crippen LogP contribution is -2.10. The van der Waals surface area contributed by atoms with Crippen LogP contribution in [0, 0.1) is 0 Å². The van der Waals surface area contributed by atoms with Crippen LogP contribution in [-0.2, 0) is 9.47 Å². The number of methoxy groups -OCH3 is 2. The van der Waals surface area contributed by atoms with Crippen molar-refractivity contribution in [1.29, 1.82) is 0 Å². The molecule has 0 saturated heterocycles. The van der Waals surface area contributed by atoms with E-state index in [1.807, 2.05) is 23.6 Å². The molecule has 3 rings (SSSR count). The lowest BCUT2D eigenvalue weighted by Gasteiger charge is -2.15. The molecule has 1 aromatic heterocycles. The summed E-state index contributed by atoms with van der Waals surface area (Å²) in [4.78, 5) is 24.6. The van der Waals surface area contributed by atoms with E-state index in [9.17, 15) is 9.59 Å². The molecule has 0 atom stereocenters. The third-order valence-corrected chi connectivity index (χ3v) is 5.77. The summed E-state index contributed by atoms with van der Waals surface area (Å²) in [6.45, 7) is 1.81. The smallest absolute Gasteiger partial charge is 0.335 e. The van der Waals surface area contributed by atoms with Gasteiger partial charge in [0.2, 0.25) is 0 Å². The number of carboxylic acids is 1. The number of thiophene rings is 1. The Hall–Kier alpha value is -3.46. The first-order valence-electron chi connectivity index (χ1n) is 10.5. The number of hydrogen-bond donors (Lipinski definition) is 1. The summed E-state index contributed by atoms with van der Waals surface area (Å²) < 4.78 is 22.0. The quantitative estimate of drug-likeness (QED) is 0.207. The van der Waals surface area contributed by atoms with Crippen LogP contribution in [0.1, 0.15) is 26.3 Å². The first-order valence-corrected chi connectivity index (χ1v) is 11.4. The van der Waals surface area contributed by atoms with E-state index in [4.69, 9.17) is 24.1 Å². The molecule has 0 saturated carbocycles. The Balaban J connectivity index is 1.82. The van der Waals surface area contributed by atoms with Crippen LogP contribution in [0.15, 0.2) is 60.0 Å². The van der Waals surface area contributed by atoms with Crippen LogP contribution < -0.4 is 9.47 Å². The number of hydrogen-bond acceptors (Lipinski definition) is 7. The second-order valence-electron chi connectivity index (χ2n) is 7.10. The molecule has 3 aromatic rings. The van der Waals surface area contributed by atoms with E-state index in [-0.39, 0.29) is 11.3 Å². The van der Waals surface area contributed by atoms with Gasteiger partial charge in [-0.3, -0.25) is 4.79 Å². The summed E-state index contributed by atoms with van der Waals surface area (Å²) in [5.41, 5.74) is 2.12. The largest absolute Gasteiger partial charge is 0.496 e. The zero-order valence-electron chi connectivity index (χ0n) is 19.0. The van der Waals surface area contributed by atoms with Gasteiger partial charge < -0.3 is 24.1 Å². The highest BCUT2D eigenvalue weighted by molar-refractivity contribution is 7.13. The summed E-state index contributed by atoms with van der Waals surface area (Å²) in [6, 6.07) is 13.5. The highest BCUT2D eigenvalue weighted by atomic mass is 32.1. The lowest BCUT2D eigenvalue weighted by atomic mass is 10.0. The molecule has 7 nitrogen and oxygen atoms in total. The van der Waals surface area contributed by atoms with Crippen LogP contribution in [0.25, 0.3) is 16.5 Å². The molecule has 0 radical (unpaired) electrons. The van der Waals surface area contributed by atoms with Crippen LogP contribution in [0.5, 0.6) is 11.5 Å². The number of aromatic carboxylic acids is 1. The predicted molar refractivity (Wildman–Crippen MR) is 131 cm³/mol. The third-order valence-electron chi connectivity index (χ3n) is 4.87. The Morgan fingerprint density at radius 2 is 1.68 bits per heavy atom. The van der Waals surface area contributed by atoms with E-state index in [2.05, 4.69) is 0 Å². The Bertz CT molecular complexity index is 1120. The maximum absolute atomic E-state index is 12.6. The van der Waals surface area contributed by atoms with E-state index in [0.29, 0.717) is 49.1 Å². The molecule has 0 unspecified atom stereocenters. The van der Waals surface area contributed by atoms with Crippen molar-refractivity contribution in [3.05, 3.63) is 76.7 Å². The Labute approximate surface area is 202 Å². The number of allylic oxidation sites excluding steroid dienone is 1. The Kier molecular flexibility index (Phi) is 9.40. The minimum absolute atomic E-state index is 0.127. The summed E-state index contributed by atoms with van der Waals surface area (Å²) in [6.07, 6.45) is 3.12. The number of benzene rings is 2. The first kappa shape index (κ1) is 25.2. The fraction of sp³-hybridized carbons (Fsp3) is 0.231. The Morgan fingerprint density at radius 3 is 2.32 bits per heavy atom. The molecule has 0 bridgehead atoms. The zero-order valence-corrected chi connectivity index (χ0v) is 19.8. The van der Waals surface area contributed by atoms with Gasteiger partial charge in [0, 0.05) is 34.7 Å². The standard InChI is InChI=1S/C26H26O7S/c1-30-11-12-32-13-14-33-24-17-23(31-2)20(16-21(24)25-4-3-15-34-25)9-10-22(27)18-5-7-19(8-6-18)26(28)29/h3-10,15-17H,11-14H2,1-2H3,(H,28,29). The molecular weight excluding hydrogens is 456 g/mol. The van der Waals surface area contributed by atoms with Crippen molar-refractivity contribution in [2.24, 2.45) is 0 Å². The van der Waals surface area contributed by atoms with E-state index < -0.39 is 5.97 Å². The Morgan fingerprint density at radius 1 is 0.941 bits per heavy atom. The van der Waals surface area contributed by atoms with Crippen LogP contribution in [0.4, 0.5) is 0 Å². The van der Waals surface area contributed by atoms with Crippen molar-refractivity contribution in [2.45, 2.75) is 0 Å². The van der Waals surface area contributed by atoms with Crippen LogP contribution in [0.2, 0.25) is 0 Å². The number of ether oxygens (including phenoxy) is 4. The highest BCUT2D eigenvalue weighted by Gasteiger charge is 2.14. The molecule has 0 aliphatic rings. The number of carboxylic acid groups (broad SMARTS) is 1. The van der Waals surface area contributed by atoms with Crippen molar-refractivity contribution >= 4 is 29.2 Å². The number of rotatable bonds is 13. The van der Waals surface area contributed by atoms with Gasteiger partial charge >= 0.3 is 5.97 Å². The lowest BCUT2D eigenvalue weighted by molar-refractivity contribution is 0.0545. The average Bonchev–Trinajstić information content (AvgIpc) is 3.39. The van der Waals surface area contributed by atoms with E-state index in [1.54, 1.807) is 37.7 Å². The molecule has 0 spiro atoms. The molecule has 1 heterocycles. The summed E-state index contributed by atoms with van der Waals surface area (Å²) in [7, 11) is 3.18. The predicted octanol–water partition coefficient (Wildman–Crippen LogP) is 5.06. The van der Waals surface area contributed by atoms with Crippen molar-refractivity contribution in [3.8, 4) is 21.9 Å². The normalized spacial score (nSPS) is 11.0. The summed E-state index contributed by atoms with van der Waals surface area (Å²) in [5.74, 6) is -0.0716. The summed E-state index contributed by atoms with van der Waals surface area (Å²) in [5, 5.41) is 11.0. The van der Waals surface area contributed by atoms with Crippen LogP contribution >= 0.6 is 11.3 Å². The van der Waals surface area contributed by atoms with Gasteiger partial charge in [0.1, 0.15) is 18.1 Å². The van der Waals surface area contributed by atoms with Gasteiger partial charge in [-0.2, -0.15) is 0 Å². The molecule has 0 aliphatic heterocycles. The van der Waals surface area contributed by atoms with Gasteiger partial charge in [-0.25, -0.2) is 4.79 Å². The monoisotopic (exact) mass is 482 g/mol.